The average molecular weight is 178 g/mol. The van der Waals surface area contributed by atoms with E-state index >= 15 is 0 Å². The zero-order valence-electron chi connectivity index (χ0n) is 7.23. The normalized spacial score (nSPS) is 10.2. The minimum Gasteiger partial charge on any atom is -0.515 e. The van der Waals surface area contributed by atoms with Crippen molar-refractivity contribution in [3.63, 3.8) is 0 Å². The standard InChI is InChI=1S/C10H10O3/c1-13-9-4-2-3-8(7-9)10(12)5-6-11/h2-7,11H,1H3. The molecular weight excluding hydrogens is 168 g/mol. The highest BCUT2D eigenvalue weighted by molar-refractivity contribution is 6.04. The highest BCUT2D eigenvalue weighted by Gasteiger charge is 2.01. The molecule has 0 radical (unpaired) electrons. The molecule has 0 spiro atoms. The van der Waals surface area contributed by atoms with E-state index in [2.05, 4.69) is 0 Å². The minimum atomic E-state index is -0.249. The van der Waals surface area contributed by atoms with E-state index in [1.54, 1.807) is 24.3 Å². The molecule has 0 heterocycles. The Bertz CT molecular complexity index is 329. The van der Waals surface area contributed by atoms with Gasteiger partial charge in [0.2, 0.25) is 0 Å². The van der Waals surface area contributed by atoms with Crippen LogP contribution < -0.4 is 4.74 Å². The van der Waals surface area contributed by atoms with Crippen LogP contribution in [-0.4, -0.2) is 18.0 Å². The molecule has 0 aliphatic rings. The number of aliphatic hydroxyl groups excluding tert-OH is 1. The highest BCUT2D eigenvalue weighted by Crippen LogP contribution is 2.12. The van der Waals surface area contributed by atoms with E-state index in [0.29, 0.717) is 11.3 Å². The van der Waals surface area contributed by atoms with Crippen LogP contribution in [0, 0.1) is 0 Å². The lowest BCUT2D eigenvalue weighted by atomic mass is 10.1. The van der Waals surface area contributed by atoms with Crippen molar-refractivity contribution in [2.45, 2.75) is 0 Å². The molecule has 1 N–H and O–H groups in total. The second-order valence-corrected chi connectivity index (χ2v) is 2.41. The fourth-order valence-electron chi connectivity index (χ4n) is 0.940. The van der Waals surface area contributed by atoms with Gasteiger partial charge < -0.3 is 9.84 Å². The molecule has 3 nitrogen and oxygen atoms in total. The van der Waals surface area contributed by atoms with Crippen molar-refractivity contribution in [2.75, 3.05) is 7.11 Å². The summed E-state index contributed by atoms with van der Waals surface area (Å²) in [5, 5.41) is 8.39. The Hall–Kier alpha value is -1.77. The first-order chi connectivity index (χ1) is 6.27. The molecule has 0 aliphatic carbocycles. The van der Waals surface area contributed by atoms with Gasteiger partial charge in [0.15, 0.2) is 5.78 Å². The summed E-state index contributed by atoms with van der Waals surface area (Å²) in [4.78, 5) is 11.2. The Kier molecular flexibility index (Phi) is 3.09. The summed E-state index contributed by atoms with van der Waals surface area (Å²) >= 11 is 0. The molecule has 0 saturated carbocycles. The second-order valence-electron chi connectivity index (χ2n) is 2.41. The van der Waals surface area contributed by atoms with Crippen LogP contribution in [0.15, 0.2) is 36.6 Å². The zero-order chi connectivity index (χ0) is 9.68. The first kappa shape index (κ1) is 9.32. The smallest absolute Gasteiger partial charge is 0.189 e. The molecule has 1 aromatic carbocycles. The molecular formula is C10H10O3. The molecule has 3 heteroatoms. The van der Waals surface area contributed by atoms with E-state index in [4.69, 9.17) is 9.84 Å². The molecule has 13 heavy (non-hydrogen) atoms. The van der Waals surface area contributed by atoms with Crippen molar-refractivity contribution in [1.29, 1.82) is 0 Å². The van der Waals surface area contributed by atoms with Crippen LogP contribution in [0.3, 0.4) is 0 Å². The summed E-state index contributed by atoms with van der Waals surface area (Å²) in [6, 6.07) is 6.74. The molecule has 68 valence electrons. The molecule has 0 unspecified atom stereocenters. The van der Waals surface area contributed by atoms with Crippen molar-refractivity contribution < 1.29 is 14.6 Å². The fraction of sp³-hybridized carbons (Fsp3) is 0.100. The SMILES string of the molecule is COc1cccc(C(=O)C=CO)c1. The number of ether oxygens (including phenoxy) is 1. The largest absolute Gasteiger partial charge is 0.515 e. The van der Waals surface area contributed by atoms with E-state index in [1.807, 2.05) is 0 Å². The van der Waals surface area contributed by atoms with Gasteiger partial charge in [0, 0.05) is 11.6 Å². The van der Waals surface area contributed by atoms with Gasteiger partial charge in [-0.2, -0.15) is 0 Å². The predicted molar refractivity (Wildman–Crippen MR) is 49.1 cm³/mol. The molecule has 0 saturated heterocycles. The fourth-order valence-corrected chi connectivity index (χ4v) is 0.940. The maximum atomic E-state index is 11.2. The summed E-state index contributed by atoms with van der Waals surface area (Å²) in [6.45, 7) is 0. The molecule has 0 bridgehead atoms. The van der Waals surface area contributed by atoms with Gasteiger partial charge >= 0.3 is 0 Å². The lowest BCUT2D eigenvalue weighted by Crippen LogP contribution is -1.94. The molecule has 0 aromatic heterocycles. The first-order valence-electron chi connectivity index (χ1n) is 3.77. The summed E-state index contributed by atoms with van der Waals surface area (Å²) < 4.78 is 4.94. The monoisotopic (exact) mass is 178 g/mol. The number of allylic oxidation sites excluding steroid dienone is 1. The third-order valence-electron chi connectivity index (χ3n) is 1.58. The maximum Gasteiger partial charge on any atom is 0.189 e. The summed E-state index contributed by atoms with van der Waals surface area (Å²) in [5.41, 5.74) is 0.490. The van der Waals surface area contributed by atoms with E-state index in [-0.39, 0.29) is 5.78 Å². The maximum absolute atomic E-state index is 11.2. The van der Waals surface area contributed by atoms with Gasteiger partial charge in [0.25, 0.3) is 0 Å². The van der Waals surface area contributed by atoms with Gasteiger partial charge in [-0.05, 0) is 12.1 Å². The van der Waals surface area contributed by atoms with Gasteiger partial charge in [0.05, 0.1) is 13.4 Å². The minimum absolute atomic E-state index is 0.249. The van der Waals surface area contributed by atoms with Gasteiger partial charge in [-0.25, -0.2) is 0 Å². The summed E-state index contributed by atoms with van der Waals surface area (Å²) in [5.74, 6) is 0.374. The number of benzene rings is 1. The number of carbonyl (C=O) groups is 1. The van der Waals surface area contributed by atoms with Gasteiger partial charge in [-0.1, -0.05) is 12.1 Å². The van der Waals surface area contributed by atoms with E-state index in [1.165, 1.54) is 7.11 Å². The Balaban J connectivity index is 2.94. The van der Waals surface area contributed by atoms with Gasteiger partial charge in [0.1, 0.15) is 5.75 Å². The Morgan fingerprint density at radius 2 is 2.31 bits per heavy atom. The quantitative estimate of drug-likeness (QED) is 0.437. The zero-order valence-corrected chi connectivity index (χ0v) is 7.23. The van der Waals surface area contributed by atoms with Crippen LogP contribution in [0.5, 0.6) is 5.75 Å². The molecule has 0 amide bonds. The van der Waals surface area contributed by atoms with E-state index in [0.717, 1.165) is 12.3 Å². The molecule has 0 aliphatic heterocycles. The van der Waals surface area contributed by atoms with Crippen LogP contribution >= 0.6 is 0 Å². The Morgan fingerprint density at radius 1 is 1.54 bits per heavy atom. The number of methoxy groups -OCH3 is 1. The third-order valence-corrected chi connectivity index (χ3v) is 1.58. The number of rotatable bonds is 3. The summed E-state index contributed by atoms with van der Waals surface area (Å²) in [6.07, 6.45) is 1.82. The topological polar surface area (TPSA) is 46.5 Å². The van der Waals surface area contributed by atoms with Crippen molar-refractivity contribution >= 4 is 5.78 Å². The van der Waals surface area contributed by atoms with Crippen LogP contribution in [-0.2, 0) is 0 Å². The third kappa shape index (κ3) is 2.33. The van der Waals surface area contributed by atoms with Crippen molar-refractivity contribution in [3.8, 4) is 5.75 Å². The number of carbonyl (C=O) groups excluding carboxylic acids is 1. The van der Waals surface area contributed by atoms with Gasteiger partial charge in [-0.3, -0.25) is 4.79 Å². The summed E-state index contributed by atoms with van der Waals surface area (Å²) in [7, 11) is 1.53. The van der Waals surface area contributed by atoms with Crippen LogP contribution in [0.4, 0.5) is 0 Å². The lowest BCUT2D eigenvalue weighted by molar-refractivity contribution is 0.104. The lowest BCUT2D eigenvalue weighted by Gasteiger charge is -2.00. The molecule has 1 aromatic rings. The number of hydrogen-bond acceptors (Lipinski definition) is 3. The van der Waals surface area contributed by atoms with E-state index < -0.39 is 0 Å². The average Bonchev–Trinajstić information content (AvgIpc) is 2.18. The van der Waals surface area contributed by atoms with E-state index in [9.17, 15) is 4.79 Å². The van der Waals surface area contributed by atoms with Crippen molar-refractivity contribution in [2.24, 2.45) is 0 Å². The van der Waals surface area contributed by atoms with Gasteiger partial charge in [-0.15, -0.1) is 0 Å². The van der Waals surface area contributed by atoms with Crippen LogP contribution in [0.25, 0.3) is 0 Å². The number of ketones is 1. The Morgan fingerprint density at radius 3 is 2.92 bits per heavy atom. The van der Waals surface area contributed by atoms with Crippen molar-refractivity contribution in [1.82, 2.24) is 0 Å². The van der Waals surface area contributed by atoms with Crippen LogP contribution in [0.2, 0.25) is 0 Å². The molecule has 1 rings (SSSR count). The molecule has 0 atom stereocenters. The van der Waals surface area contributed by atoms with Crippen LogP contribution in [0.1, 0.15) is 10.4 Å². The second kappa shape index (κ2) is 4.30. The number of hydrogen-bond donors (Lipinski definition) is 1. The Labute approximate surface area is 76.3 Å². The van der Waals surface area contributed by atoms with Crippen molar-refractivity contribution in [3.05, 3.63) is 42.2 Å². The first-order valence-corrected chi connectivity index (χ1v) is 3.77. The number of aliphatic hydroxyl groups is 1. The predicted octanol–water partition coefficient (Wildman–Crippen LogP) is 1.95. The highest BCUT2D eigenvalue weighted by atomic mass is 16.5. The molecule has 0 fully saturated rings.